The number of rotatable bonds is 9. The monoisotopic (exact) mass is 422 g/mol. The highest BCUT2D eigenvalue weighted by atomic mass is 35.5. The summed E-state index contributed by atoms with van der Waals surface area (Å²) in [7, 11) is 0. The van der Waals surface area contributed by atoms with Crippen LogP contribution in [0.2, 0.25) is 5.02 Å². The zero-order chi connectivity index (χ0) is 21.2. The van der Waals surface area contributed by atoms with Gasteiger partial charge in [-0.2, -0.15) is 5.10 Å². The van der Waals surface area contributed by atoms with Gasteiger partial charge >= 0.3 is 0 Å². The van der Waals surface area contributed by atoms with Crippen LogP contribution in [-0.4, -0.2) is 18.7 Å². The summed E-state index contributed by atoms with van der Waals surface area (Å²) in [5.74, 6) is 1.10. The minimum absolute atomic E-state index is 0.300. The summed E-state index contributed by atoms with van der Waals surface area (Å²) in [6, 6.07) is 21.9. The molecule has 0 radical (unpaired) electrons. The number of nitrogens with one attached hydrogen (secondary N) is 1. The zero-order valence-corrected chi connectivity index (χ0v) is 17.4. The molecule has 0 aliphatic rings. The van der Waals surface area contributed by atoms with E-state index in [9.17, 15) is 4.79 Å². The highest BCUT2D eigenvalue weighted by Gasteiger charge is 2.05. The molecule has 30 heavy (non-hydrogen) atoms. The Morgan fingerprint density at radius 3 is 2.60 bits per heavy atom. The Hall–Kier alpha value is -3.31. The Labute approximate surface area is 181 Å². The molecule has 0 aliphatic heterocycles. The van der Waals surface area contributed by atoms with Gasteiger partial charge in [0, 0.05) is 16.1 Å². The number of ether oxygens (including phenoxy) is 2. The largest absolute Gasteiger partial charge is 0.494 e. The summed E-state index contributed by atoms with van der Waals surface area (Å²) >= 11 is 6.01. The molecule has 0 heterocycles. The fourth-order valence-electron chi connectivity index (χ4n) is 2.65. The first-order valence-electron chi connectivity index (χ1n) is 9.68. The normalized spacial score (nSPS) is 10.7. The van der Waals surface area contributed by atoms with Crippen LogP contribution in [0.4, 0.5) is 0 Å². The first-order valence-corrected chi connectivity index (χ1v) is 10.1. The summed E-state index contributed by atoms with van der Waals surface area (Å²) in [6.45, 7) is 3.07. The van der Waals surface area contributed by atoms with Crippen LogP contribution in [0, 0.1) is 0 Å². The van der Waals surface area contributed by atoms with E-state index < -0.39 is 0 Å². The lowest BCUT2D eigenvalue weighted by Crippen LogP contribution is -2.17. The Balaban J connectivity index is 1.58. The predicted octanol–water partition coefficient (Wildman–Crippen LogP) is 5.47. The molecular formula is C24H23ClN2O3. The van der Waals surface area contributed by atoms with Crippen LogP contribution in [-0.2, 0) is 6.61 Å². The van der Waals surface area contributed by atoms with Crippen molar-refractivity contribution in [1.82, 2.24) is 5.43 Å². The average Bonchev–Trinajstić information content (AvgIpc) is 2.77. The Kier molecular flexibility index (Phi) is 7.86. The van der Waals surface area contributed by atoms with Crippen molar-refractivity contribution in [3.63, 3.8) is 0 Å². The van der Waals surface area contributed by atoms with E-state index in [-0.39, 0.29) is 5.91 Å². The summed E-state index contributed by atoms with van der Waals surface area (Å²) < 4.78 is 11.4. The molecule has 5 nitrogen and oxygen atoms in total. The maximum atomic E-state index is 12.3. The molecule has 3 aromatic rings. The van der Waals surface area contributed by atoms with Gasteiger partial charge in [0.05, 0.1) is 12.8 Å². The van der Waals surface area contributed by atoms with Gasteiger partial charge in [0.2, 0.25) is 0 Å². The Morgan fingerprint density at radius 2 is 1.83 bits per heavy atom. The maximum absolute atomic E-state index is 12.3. The van der Waals surface area contributed by atoms with Gasteiger partial charge < -0.3 is 9.47 Å². The Bertz CT molecular complexity index is 1000. The van der Waals surface area contributed by atoms with Crippen LogP contribution in [0.15, 0.2) is 77.9 Å². The lowest BCUT2D eigenvalue weighted by atomic mass is 10.2. The van der Waals surface area contributed by atoms with E-state index in [2.05, 4.69) is 10.5 Å². The van der Waals surface area contributed by atoms with E-state index in [1.165, 1.54) is 0 Å². The minimum Gasteiger partial charge on any atom is -0.494 e. The van der Waals surface area contributed by atoms with Crippen molar-refractivity contribution >= 4 is 23.7 Å². The molecule has 0 aromatic heterocycles. The summed E-state index contributed by atoms with van der Waals surface area (Å²) in [5.41, 5.74) is 4.76. The van der Waals surface area contributed by atoms with Gasteiger partial charge in [0.1, 0.15) is 18.1 Å². The van der Waals surface area contributed by atoms with E-state index in [1.807, 2.05) is 55.5 Å². The fraction of sp³-hybridized carbons (Fsp3) is 0.167. The van der Waals surface area contributed by atoms with Gasteiger partial charge in [0.15, 0.2) is 0 Å². The quantitative estimate of drug-likeness (QED) is 0.367. The smallest absolute Gasteiger partial charge is 0.271 e. The number of hydrazone groups is 1. The van der Waals surface area contributed by atoms with Gasteiger partial charge in [-0.25, -0.2) is 5.43 Å². The Morgan fingerprint density at radius 1 is 1.03 bits per heavy atom. The van der Waals surface area contributed by atoms with Crippen molar-refractivity contribution in [2.24, 2.45) is 5.10 Å². The number of hydrogen-bond acceptors (Lipinski definition) is 4. The van der Waals surface area contributed by atoms with E-state index in [0.717, 1.165) is 23.3 Å². The number of halogens is 1. The van der Waals surface area contributed by atoms with Crippen LogP contribution in [0.3, 0.4) is 0 Å². The molecular weight excluding hydrogens is 400 g/mol. The van der Waals surface area contributed by atoms with Crippen LogP contribution in [0.1, 0.15) is 34.8 Å². The third-order valence-corrected chi connectivity index (χ3v) is 4.40. The number of carbonyl (C=O) groups excluding carboxylic acids is 1. The summed E-state index contributed by atoms with van der Waals surface area (Å²) in [6.07, 6.45) is 2.49. The van der Waals surface area contributed by atoms with Crippen molar-refractivity contribution in [2.45, 2.75) is 20.0 Å². The molecule has 154 valence electrons. The fourth-order valence-corrected chi connectivity index (χ4v) is 2.87. The molecule has 0 saturated heterocycles. The van der Waals surface area contributed by atoms with Crippen molar-refractivity contribution in [3.05, 3.63) is 94.5 Å². The first kappa shape index (κ1) is 21.4. The number of para-hydroxylation sites is 1. The van der Waals surface area contributed by atoms with E-state index >= 15 is 0 Å². The molecule has 0 saturated carbocycles. The molecule has 0 spiro atoms. The second-order valence-electron chi connectivity index (χ2n) is 6.53. The van der Waals surface area contributed by atoms with Crippen LogP contribution < -0.4 is 14.9 Å². The van der Waals surface area contributed by atoms with E-state index in [4.69, 9.17) is 21.1 Å². The predicted molar refractivity (Wildman–Crippen MR) is 120 cm³/mol. The van der Waals surface area contributed by atoms with Crippen molar-refractivity contribution in [1.29, 1.82) is 0 Å². The number of carbonyl (C=O) groups is 1. The second-order valence-corrected chi connectivity index (χ2v) is 6.96. The molecule has 3 aromatic carbocycles. The molecule has 0 unspecified atom stereocenters. The van der Waals surface area contributed by atoms with Gasteiger partial charge in [-0.3, -0.25) is 4.79 Å². The number of amides is 1. The number of hydrogen-bond donors (Lipinski definition) is 1. The topological polar surface area (TPSA) is 59.9 Å². The number of nitrogens with zero attached hydrogens (tertiary/aromatic N) is 1. The lowest BCUT2D eigenvalue weighted by Gasteiger charge is -2.09. The highest BCUT2D eigenvalue weighted by Crippen LogP contribution is 2.19. The third-order valence-electron chi connectivity index (χ3n) is 4.16. The first-order chi connectivity index (χ1) is 14.7. The standard InChI is InChI=1S/C24H23ClN2O3/c1-2-14-29-22-12-10-19(11-13-22)24(28)27-26-16-20-7-3-4-9-23(20)30-17-18-6-5-8-21(25)15-18/h3-13,15-16H,2,14,17H2,1H3,(H,27,28)/b26-16+. The van der Waals surface area contributed by atoms with Gasteiger partial charge in [-0.05, 0) is 60.5 Å². The van der Waals surface area contributed by atoms with Gasteiger partial charge in [-0.15, -0.1) is 0 Å². The van der Waals surface area contributed by atoms with Crippen LogP contribution >= 0.6 is 11.6 Å². The number of benzene rings is 3. The molecule has 6 heteroatoms. The molecule has 1 N–H and O–H groups in total. The molecule has 3 rings (SSSR count). The maximum Gasteiger partial charge on any atom is 0.271 e. The minimum atomic E-state index is -0.300. The highest BCUT2D eigenvalue weighted by molar-refractivity contribution is 6.30. The summed E-state index contributed by atoms with van der Waals surface area (Å²) in [4.78, 5) is 12.3. The second kappa shape index (κ2) is 11.0. The molecule has 0 aliphatic carbocycles. The van der Waals surface area contributed by atoms with E-state index in [1.54, 1.807) is 30.5 Å². The third kappa shape index (κ3) is 6.36. The van der Waals surface area contributed by atoms with Crippen molar-refractivity contribution in [3.8, 4) is 11.5 Å². The van der Waals surface area contributed by atoms with Crippen LogP contribution in [0.5, 0.6) is 11.5 Å². The van der Waals surface area contributed by atoms with Crippen molar-refractivity contribution < 1.29 is 14.3 Å². The van der Waals surface area contributed by atoms with Gasteiger partial charge in [-0.1, -0.05) is 42.8 Å². The molecule has 0 fully saturated rings. The van der Waals surface area contributed by atoms with Crippen LogP contribution in [0.25, 0.3) is 0 Å². The molecule has 1 amide bonds. The molecule has 0 atom stereocenters. The zero-order valence-electron chi connectivity index (χ0n) is 16.7. The average molecular weight is 423 g/mol. The van der Waals surface area contributed by atoms with Gasteiger partial charge in [0.25, 0.3) is 5.91 Å². The molecule has 0 bridgehead atoms. The summed E-state index contributed by atoms with van der Waals surface area (Å²) in [5, 5.41) is 4.73. The van der Waals surface area contributed by atoms with Crippen molar-refractivity contribution in [2.75, 3.05) is 6.61 Å². The van der Waals surface area contributed by atoms with E-state index in [0.29, 0.717) is 29.5 Å². The lowest BCUT2D eigenvalue weighted by molar-refractivity contribution is 0.0955. The SMILES string of the molecule is CCCOc1ccc(C(=O)N/N=C/c2ccccc2OCc2cccc(Cl)c2)cc1.